The second-order valence-electron chi connectivity index (χ2n) is 6.40. The monoisotopic (exact) mass is 344 g/mol. The molecule has 4 aromatic rings. The lowest BCUT2D eigenvalue weighted by Crippen LogP contribution is -2.27. The van der Waals surface area contributed by atoms with Gasteiger partial charge in [-0.1, -0.05) is 49.4 Å². The Bertz CT molecular complexity index is 1090. The van der Waals surface area contributed by atoms with Gasteiger partial charge in [0.05, 0.1) is 0 Å². The van der Waals surface area contributed by atoms with E-state index in [0.29, 0.717) is 12.2 Å². The van der Waals surface area contributed by atoms with E-state index in [1.54, 1.807) is 11.1 Å². The van der Waals surface area contributed by atoms with Gasteiger partial charge in [0.1, 0.15) is 17.0 Å². The summed E-state index contributed by atoms with van der Waals surface area (Å²) in [5.41, 5.74) is 2.42. The van der Waals surface area contributed by atoms with Crippen LogP contribution in [0.3, 0.4) is 0 Å². The summed E-state index contributed by atoms with van der Waals surface area (Å²) in [7, 11) is 1.81. The Kier molecular flexibility index (Phi) is 4.17. The number of aromatic nitrogens is 1. The van der Waals surface area contributed by atoms with Crippen molar-refractivity contribution < 1.29 is 9.21 Å². The first-order valence-electron chi connectivity index (χ1n) is 8.77. The van der Waals surface area contributed by atoms with Gasteiger partial charge < -0.3 is 9.32 Å². The zero-order chi connectivity index (χ0) is 18.1. The first-order chi connectivity index (χ1) is 12.7. The number of benzene rings is 2. The lowest BCUT2D eigenvalue weighted by molar-refractivity contribution is 0.0781. The van der Waals surface area contributed by atoms with Crippen molar-refractivity contribution in [2.75, 3.05) is 7.05 Å². The molecule has 0 aliphatic rings. The van der Waals surface area contributed by atoms with Crippen molar-refractivity contribution in [3.8, 4) is 0 Å². The first-order valence-corrected chi connectivity index (χ1v) is 8.77. The Labute approximate surface area is 152 Å². The quantitative estimate of drug-likeness (QED) is 0.533. The van der Waals surface area contributed by atoms with Crippen LogP contribution in [0, 0.1) is 0 Å². The third kappa shape index (κ3) is 2.73. The van der Waals surface area contributed by atoms with Crippen LogP contribution in [0.1, 0.15) is 28.7 Å². The summed E-state index contributed by atoms with van der Waals surface area (Å²) < 4.78 is 5.95. The molecular formula is C22H20N2O2. The SMILES string of the molecule is CCc1oc2ccccc2c1CN(C)C(=O)c1nccc2ccccc12. The van der Waals surface area contributed by atoms with E-state index in [9.17, 15) is 4.79 Å². The molecule has 0 fully saturated rings. The van der Waals surface area contributed by atoms with Gasteiger partial charge in [0.2, 0.25) is 0 Å². The van der Waals surface area contributed by atoms with Gasteiger partial charge in [0, 0.05) is 42.5 Å². The van der Waals surface area contributed by atoms with Crippen LogP contribution in [0.25, 0.3) is 21.7 Å². The van der Waals surface area contributed by atoms with Crippen molar-refractivity contribution in [3.05, 3.63) is 77.8 Å². The lowest BCUT2D eigenvalue weighted by Gasteiger charge is -2.18. The number of aryl methyl sites for hydroxylation is 1. The number of nitrogens with zero attached hydrogens (tertiary/aromatic N) is 2. The van der Waals surface area contributed by atoms with Crippen LogP contribution in [0.5, 0.6) is 0 Å². The maximum Gasteiger partial charge on any atom is 0.273 e. The molecule has 0 unspecified atom stereocenters. The van der Waals surface area contributed by atoms with Crippen molar-refractivity contribution in [1.82, 2.24) is 9.88 Å². The molecule has 0 radical (unpaired) electrons. The van der Waals surface area contributed by atoms with Gasteiger partial charge in [0.15, 0.2) is 0 Å². The number of hydrogen-bond donors (Lipinski definition) is 0. The molecule has 2 aromatic heterocycles. The van der Waals surface area contributed by atoms with Crippen molar-refractivity contribution in [1.29, 1.82) is 0 Å². The molecule has 0 saturated carbocycles. The molecule has 0 N–H and O–H groups in total. The minimum Gasteiger partial charge on any atom is -0.461 e. The van der Waals surface area contributed by atoms with Gasteiger partial charge in [0.25, 0.3) is 5.91 Å². The standard InChI is InChI=1S/C22H20N2O2/c1-3-19-18(17-10-6-7-11-20(17)26-19)14-24(2)22(25)21-16-9-5-4-8-15(16)12-13-23-21/h4-13H,3,14H2,1-2H3. The summed E-state index contributed by atoms with van der Waals surface area (Å²) in [4.78, 5) is 19.1. The molecule has 26 heavy (non-hydrogen) atoms. The molecule has 1 amide bonds. The number of furan rings is 1. The average molecular weight is 344 g/mol. The number of carbonyl (C=O) groups is 1. The van der Waals surface area contributed by atoms with Crippen molar-refractivity contribution >= 4 is 27.6 Å². The van der Waals surface area contributed by atoms with Crippen LogP contribution in [-0.4, -0.2) is 22.8 Å². The zero-order valence-corrected chi connectivity index (χ0v) is 14.9. The van der Waals surface area contributed by atoms with Crippen LogP contribution in [-0.2, 0) is 13.0 Å². The molecular weight excluding hydrogens is 324 g/mol. The van der Waals surface area contributed by atoms with Gasteiger partial charge in [-0.3, -0.25) is 9.78 Å². The molecule has 130 valence electrons. The summed E-state index contributed by atoms with van der Waals surface area (Å²) in [6, 6.07) is 17.7. The number of carbonyl (C=O) groups excluding carboxylic acids is 1. The fourth-order valence-electron chi connectivity index (χ4n) is 3.39. The molecule has 4 rings (SSSR count). The van der Waals surface area contributed by atoms with Crippen molar-refractivity contribution in [2.24, 2.45) is 0 Å². The minimum absolute atomic E-state index is 0.0888. The average Bonchev–Trinajstić information content (AvgIpc) is 3.04. The Balaban J connectivity index is 1.70. The predicted octanol–water partition coefficient (Wildman–Crippen LogP) is 4.82. The summed E-state index contributed by atoms with van der Waals surface area (Å²) in [6.45, 7) is 2.55. The van der Waals surface area contributed by atoms with Crippen molar-refractivity contribution in [3.63, 3.8) is 0 Å². The number of amides is 1. The molecule has 0 aliphatic carbocycles. The third-order valence-corrected chi connectivity index (χ3v) is 4.72. The highest BCUT2D eigenvalue weighted by molar-refractivity contribution is 6.05. The number of rotatable bonds is 4. The Morgan fingerprint density at radius 3 is 2.58 bits per heavy atom. The van der Waals surface area contributed by atoms with Gasteiger partial charge >= 0.3 is 0 Å². The normalized spacial score (nSPS) is 11.2. The van der Waals surface area contributed by atoms with E-state index < -0.39 is 0 Å². The van der Waals surface area contributed by atoms with Gasteiger partial charge in [-0.05, 0) is 17.5 Å². The molecule has 0 bridgehead atoms. The summed E-state index contributed by atoms with van der Waals surface area (Å²) in [5.74, 6) is 0.839. The fourth-order valence-corrected chi connectivity index (χ4v) is 3.39. The van der Waals surface area contributed by atoms with E-state index in [1.165, 1.54) is 0 Å². The van der Waals surface area contributed by atoms with E-state index in [0.717, 1.165) is 39.5 Å². The van der Waals surface area contributed by atoms with E-state index >= 15 is 0 Å². The van der Waals surface area contributed by atoms with Crippen LogP contribution < -0.4 is 0 Å². The predicted molar refractivity (Wildman–Crippen MR) is 103 cm³/mol. The topological polar surface area (TPSA) is 46.3 Å². The van der Waals surface area contributed by atoms with E-state index in [1.807, 2.05) is 61.6 Å². The van der Waals surface area contributed by atoms with Gasteiger partial charge in [-0.15, -0.1) is 0 Å². The first kappa shape index (κ1) is 16.3. The third-order valence-electron chi connectivity index (χ3n) is 4.72. The second-order valence-corrected chi connectivity index (χ2v) is 6.40. The highest BCUT2D eigenvalue weighted by Gasteiger charge is 2.20. The smallest absolute Gasteiger partial charge is 0.273 e. The highest BCUT2D eigenvalue weighted by Crippen LogP contribution is 2.28. The van der Waals surface area contributed by atoms with E-state index in [4.69, 9.17) is 4.42 Å². The zero-order valence-electron chi connectivity index (χ0n) is 14.9. The van der Waals surface area contributed by atoms with Crippen LogP contribution in [0.4, 0.5) is 0 Å². The maximum atomic E-state index is 13.1. The Hall–Kier alpha value is -3.14. The van der Waals surface area contributed by atoms with Crippen molar-refractivity contribution in [2.45, 2.75) is 19.9 Å². The number of pyridine rings is 1. The molecule has 4 nitrogen and oxygen atoms in total. The van der Waals surface area contributed by atoms with Crippen LogP contribution in [0.15, 0.2) is 65.2 Å². The lowest BCUT2D eigenvalue weighted by atomic mass is 10.1. The van der Waals surface area contributed by atoms with Gasteiger partial charge in [-0.2, -0.15) is 0 Å². The van der Waals surface area contributed by atoms with E-state index in [2.05, 4.69) is 11.9 Å². The molecule has 0 atom stereocenters. The largest absolute Gasteiger partial charge is 0.461 e. The number of fused-ring (bicyclic) bond motifs is 2. The molecule has 4 heteroatoms. The van der Waals surface area contributed by atoms with Crippen LogP contribution >= 0.6 is 0 Å². The second kappa shape index (κ2) is 6.64. The van der Waals surface area contributed by atoms with E-state index in [-0.39, 0.29) is 5.91 Å². The number of hydrogen-bond acceptors (Lipinski definition) is 3. The van der Waals surface area contributed by atoms with Crippen LogP contribution in [0.2, 0.25) is 0 Å². The maximum absolute atomic E-state index is 13.1. The Morgan fingerprint density at radius 1 is 1.04 bits per heavy atom. The van der Waals surface area contributed by atoms with Gasteiger partial charge in [-0.25, -0.2) is 0 Å². The fraction of sp³-hybridized carbons (Fsp3) is 0.182. The minimum atomic E-state index is -0.0888. The Morgan fingerprint density at radius 2 is 1.77 bits per heavy atom. The molecule has 0 aliphatic heterocycles. The summed E-state index contributed by atoms with van der Waals surface area (Å²) >= 11 is 0. The number of para-hydroxylation sites is 1. The highest BCUT2D eigenvalue weighted by atomic mass is 16.3. The summed E-state index contributed by atoms with van der Waals surface area (Å²) in [6.07, 6.45) is 2.48. The molecule has 0 saturated heterocycles. The summed E-state index contributed by atoms with van der Waals surface area (Å²) in [5, 5.41) is 2.96. The molecule has 2 heterocycles. The molecule has 0 spiro atoms. The molecule has 2 aromatic carbocycles.